The third kappa shape index (κ3) is 3.40. The smallest absolute Gasteiger partial charge is 0.321 e. The number of aromatic nitrogens is 2. The van der Waals surface area contributed by atoms with Crippen LogP contribution in [0.4, 0.5) is 16.2 Å². The maximum atomic E-state index is 11.7. The third-order valence-corrected chi connectivity index (χ3v) is 4.78. The van der Waals surface area contributed by atoms with Crippen LogP contribution in [0.15, 0.2) is 48.7 Å². The van der Waals surface area contributed by atoms with E-state index in [1.807, 2.05) is 37.5 Å². The Morgan fingerprint density at radius 3 is 2.75 bits per heavy atom. The number of hydrogen-bond acceptors (Lipinski definition) is 4. The molecule has 0 unspecified atom stereocenters. The van der Waals surface area contributed by atoms with E-state index in [0.717, 1.165) is 33.8 Å². The summed E-state index contributed by atoms with van der Waals surface area (Å²) in [5.41, 5.74) is 6.48. The van der Waals surface area contributed by atoms with E-state index in [1.165, 1.54) is 0 Å². The van der Waals surface area contributed by atoms with Crippen molar-refractivity contribution < 1.29 is 4.79 Å². The van der Waals surface area contributed by atoms with Crippen molar-refractivity contribution in [2.75, 3.05) is 17.7 Å². The SMILES string of the molecule is CN1Cc2cc(NCc3cn(C)nc3-c3ccc(C#N)cc3)ccc2NC1=O. The van der Waals surface area contributed by atoms with Gasteiger partial charge in [0.2, 0.25) is 0 Å². The van der Waals surface area contributed by atoms with Gasteiger partial charge in [-0.05, 0) is 35.9 Å². The van der Waals surface area contributed by atoms with Gasteiger partial charge >= 0.3 is 6.03 Å². The molecule has 28 heavy (non-hydrogen) atoms. The number of carbonyl (C=O) groups is 1. The molecule has 140 valence electrons. The molecule has 1 aliphatic rings. The molecular weight excluding hydrogens is 352 g/mol. The Kier molecular flexibility index (Phi) is 4.45. The quantitative estimate of drug-likeness (QED) is 0.733. The predicted molar refractivity (Wildman–Crippen MR) is 108 cm³/mol. The maximum Gasteiger partial charge on any atom is 0.321 e. The lowest BCUT2D eigenvalue weighted by Crippen LogP contribution is -2.35. The zero-order chi connectivity index (χ0) is 19.7. The fraction of sp³-hybridized carbons (Fsp3) is 0.190. The number of aryl methyl sites for hydroxylation is 1. The second kappa shape index (κ2) is 7.08. The molecule has 0 atom stereocenters. The Labute approximate surface area is 163 Å². The van der Waals surface area contributed by atoms with Gasteiger partial charge in [-0.3, -0.25) is 4.68 Å². The number of fused-ring (bicyclic) bond motifs is 1. The lowest BCUT2D eigenvalue weighted by Gasteiger charge is -2.26. The fourth-order valence-corrected chi connectivity index (χ4v) is 3.30. The van der Waals surface area contributed by atoms with Crippen LogP contribution >= 0.6 is 0 Å². The lowest BCUT2D eigenvalue weighted by atomic mass is 10.1. The molecular formula is C21H20N6O. The van der Waals surface area contributed by atoms with Gasteiger partial charge in [0.05, 0.1) is 17.3 Å². The van der Waals surface area contributed by atoms with Crippen LogP contribution < -0.4 is 10.6 Å². The average Bonchev–Trinajstić information content (AvgIpc) is 3.08. The molecule has 2 aromatic carbocycles. The molecule has 0 aliphatic carbocycles. The summed E-state index contributed by atoms with van der Waals surface area (Å²) < 4.78 is 1.79. The second-order valence-electron chi connectivity index (χ2n) is 6.88. The molecule has 0 fully saturated rings. The minimum Gasteiger partial charge on any atom is -0.381 e. The number of nitrogens with zero attached hydrogens (tertiary/aromatic N) is 4. The zero-order valence-corrected chi connectivity index (χ0v) is 15.7. The highest BCUT2D eigenvalue weighted by atomic mass is 16.2. The van der Waals surface area contributed by atoms with Gasteiger partial charge in [0.25, 0.3) is 0 Å². The van der Waals surface area contributed by atoms with E-state index in [0.29, 0.717) is 18.7 Å². The molecule has 1 aromatic heterocycles. The van der Waals surface area contributed by atoms with E-state index in [1.54, 1.807) is 28.8 Å². The minimum absolute atomic E-state index is 0.0874. The molecule has 0 bridgehead atoms. The largest absolute Gasteiger partial charge is 0.381 e. The standard InChI is InChI=1S/C21H20N6O/c1-26-12-16-9-18(7-8-19(16)24-21(26)28)23-11-17-13-27(2)25-20(17)15-5-3-14(10-22)4-6-15/h3-9,13,23H,11-12H2,1-2H3,(H,24,28). The monoisotopic (exact) mass is 372 g/mol. The first kappa shape index (κ1) is 17.6. The number of benzene rings is 2. The van der Waals surface area contributed by atoms with Crippen LogP contribution in [0.25, 0.3) is 11.3 Å². The highest BCUT2D eigenvalue weighted by Gasteiger charge is 2.19. The molecule has 4 rings (SSSR count). The van der Waals surface area contributed by atoms with E-state index in [4.69, 9.17) is 5.26 Å². The Morgan fingerprint density at radius 2 is 2.00 bits per heavy atom. The Bertz CT molecular complexity index is 1080. The third-order valence-electron chi connectivity index (χ3n) is 4.78. The number of nitrogens with one attached hydrogen (secondary N) is 2. The molecule has 2 amide bonds. The molecule has 7 heteroatoms. The highest BCUT2D eigenvalue weighted by molar-refractivity contribution is 5.92. The van der Waals surface area contributed by atoms with Gasteiger partial charge in [-0.15, -0.1) is 0 Å². The summed E-state index contributed by atoms with van der Waals surface area (Å²) in [5.74, 6) is 0. The predicted octanol–water partition coefficient (Wildman–Crippen LogP) is 3.55. The van der Waals surface area contributed by atoms with Crippen molar-refractivity contribution in [1.29, 1.82) is 5.26 Å². The number of anilines is 2. The average molecular weight is 372 g/mol. The molecule has 1 aliphatic heterocycles. The van der Waals surface area contributed by atoms with E-state index in [-0.39, 0.29) is 6.03 Å². The summed E-state index contributed by atoms with van der Waals surface area (Å²) in [5, 5.41) is 19.9. The Hall–Kier alpha value is -3.79. The number of amides is 2. The molecule has 0 saturated carbocycles. The first-order chi connectivity index (χ1) is 13.5. The van der Waals surface area contributed by atoms with Crippen molar-refractivity contribution in [2.45, 2.75) is 13.1 Å². The summed E-state index contributed by atoms with van der Waals surface area (Å²) in [6.45, 7) is 1.20. The maximum absolute atomic E-state index is 11.7. The number of urea groups is 1. The van der Waals surface area contributed by atoms with Crippen LogP contribution in [-0.2, 0) is 20.1 Å². The van der Waals surface area contributed by atoms with E-state index < -0.39 is 0 Å². The van der Waals surface area contributed by atoms with Gasteiger partial charge < -0.3 is 15.5 Å². The van der Waals surface area contributed by atoms with Crippen molar-refractivity contribution in [2.24, 2.45) is 7.05 Å². The van der Waals surface area contributed by atoms with Crippen LogP contribution in [0.1, 0.15) is 16.7 Å². The summed E-state index contributed by atoms with van der Waals surface area (Å²) in [6, 6.07) is 15.4. The molecule has 0 spiro atoms. The van der Waals surface area contributed by atoms with Gasteiger partial charge in [0.1, 0.15) is 0 Å². The van der Waals surface area contributed by atoms with Crippen molar-refractivity contribution in [3.8, 4) is 17.3 Å². The van der Waals surface area contributed by atoms with E-state index in [2.05, 4.69) is 27.9 Å². The molecule has 3 aromatic rings. The van der Waals surface area contributed by atoms with Gasteiger partial charge in [0.15, 0.2) is 0 Å². The molecule has 7 nitrogen and oxygen atoms in total. The molecule has 0 saturated heterocycles. The van der Waals surface area contributed by atoms with Gasteiger partial charge in [-0.25, -0.2) is 4.79 Å². The molecule has 0 radical (unpaired) electrons. The topological polar surface area (TPSA) is 86.0 Å². The summed E-state index contributed by atoms with van der Waals surface area (Å²) >= 11 is 0. The zero-order valence-electron chi connectivity index (χ0n) is 15.7. The van der Waals surface area contributed by atoms with E-state index in [9.17, 15) is 4.79 Å². The van der Waals surface area contributed by atoms with Gasteiger partial charge in [0, 0.05) is 55.9 Å². The second-order valence-corrected chi connectivity index (χ2v) is 6.88. The first-order valence-electron chi connectivity index (χ1n) is 8.95. The Morgan fingerprint density at radius 1 is 1.21 bits per heavy atom. The van der Waals surface area contributed by atoms with Crippen molar-refractivity contribution in [3.63, 3.8) is 0 Å². The number of carbonyl (C=O) groups excluding carboxylic acids is 1. The highest BCUT2D eigenvalue weighted by Crippen LogP contribution is 2.27. The van der Waals surface area contributed by atoms with E-state index >= 15 is 0 Å². The molecule has 2 N–H and O–H groups in total. The van der Waals surface area contributed by atoms with Crippen molar-refractivity contribution >= 4 is 17.4 Å². The summed E-state index contributed by atoms with van der Waals surface area (Å²) in [7, 11) is 3.67. The van der Waals surface area contributed by atoms with Gasteiger partial charge in [-0.1, -0.05) is 12.1 Å². The number of rotatable bonds is 4. The first-order valence-corrected chi connectivity index (χ1v) is 8.95. The molecule has 2 heterocycles. The van der Waals surface area contributed by atoms with Gasteiger partial charge in [-0.2, -0.15) is 10.4 Å². The van der Waals surface area contributed by atoms with Crippen molar-refractivity contribution in [3.05, 3.63) is 65.4 Å². The van der Waals surface area contributed by atoms with Crippen LogP contribution in [0.2, 0.25) is 0 Å². The minimum atomic E-state index is -0.0874. The fourth-order valence-electron chi connectivity index (χ4n) is 3.30. The summed E-state index contributed by atoms with van der Waals surface area (Å²) in [4.78, 5) is 13.4. The number of hydrogen-bond donors (Lipinski definition) is 2. The van der Waals surface area contributed by atoms with Crippen LogP contribution in [-0.4, -0.2) is 27.8 Å². The normalized spacial score (nSPS) is 12.9. The van der Waals surface area contributed by atoms with Crippen molar-refractivity contribution in [1.82, 2.24) is 14.7 Å². The lowest BCUT2D eigenvalue weighted by molar-refractivity contribution is 0.218. The number of nitriles is 1. The van der Waals surface area contributed by atoms with Crippen LogP contribution in [0, 0.1) is 11.3 Å². The Balaban J connectivity index is 1.54. The van der Waals surface area contributed by atoms with Crippen LogP contribution in [0.3, 0.4) is 0 Å². The summed E-state index contributed by atoms with van der Waals surface area (Å²) in [6.07, 6.45) is 1.99. The van der Waals surface area contributed by atoms with Crippen LogP contribution in [0.5, 0.6) is 0 Å².